The van der Waals surface area contributed by atoms with Gasteiger partial charge in [-0.25, -0.2) is 19.2 Å². The van der Waals surface area contributed by atoms with Crippen molar-refractivity contribution in [2.24, 2.45) is 0 Å². The van der Waals surface area contributed by atoms with Crippen LogP contribution in [0.5, 0.6) is 0 Å². The molecule has 0 saturated carbocycles. The number of anilines is 4. The summed E-state index contributed by atoms with van der Waals surface area (Å²) in [7, 11) is 0. The second-order valence-corrected chi connectivity index (χ2v) is 5.35. The highest BCUT2D eigenvalue weighted by atomic mass is 19.1. The minimum absolute atomic E-state index is 0.0425. The monoisotopic (exact) mass is 338 g/mol. The number of halogens is 1. The number of carbonyl (C=O) groups is 1. The van der Waals surface area contributed by atoms with Gasteiger partial charge in [0.1, 0.15) is 23.0 Å². The van der Waals surface area contributed by atoms with Gasteiger partial charge in [-0.1, -0.05) is 18.2 Å². The highest BCUT2D eigenvalue weighted by Crippen LogP contribution is 2.26. The summed E-state index contributed by atoms with van der Waals surface area (Å²) in [6.45, 7) is 1.92. The first-order chi connectivity index (χ1) is 12.0. The lowest BCUT2D eigenvalue weighted by Crippen LogP contribution is -2.06. The second kappa shape index (κ2) is 6.96. The molecule has 3 aromatic rings. The predicted octanol–water partition coefficient (Wildman–Crippen LogP) is 4.11. The van der Waals surface area contributed by atoms with Crippen molar-refractivity contribution in [1.29, 1.82) is 0 Å². The van der Waals surface area contributed by atoms with Crippen LogP contribution in [0.3, 0.4) is 0 Å². The number of nitrogens with one attached hydrogen (secondary N) is 2. The zero-order chi connectivity index (χ0) is 17.8. The highest BCUT2D eigenvalue weighted by molar-refractivity contribution is 5.95. The van der Waals surface area contributed by atoms with Gasteiger partial charge in [0.05, 0.1) is 11.9 Å². The van der Waals surface area contributed by atoms with Crippen LogP contribution >= 0.6 is 0 Å². The zero-order valence-electron chi connectivity index (χ0n) is 13.3. The van der Waals surface area contributed by atoms with Gasteiger partial charge in [-0.3, -0.25) is 0 Å². The van der Waals surface area contributed by atoms with Crippen molar-refractivity contribution in [3.63, 3.8) is 0 Å². The quantitative estimate of drug-likeness (QED) is 0.649. The van der Waals surface area contributed by atoms with Crippen LogP contribution in [0.1, 0.15) is 15.9 Å². The molecule has 25 heavy (non-hydrogen) atoms. The summed E-state index contributed by atoms with van der Waals surface area (Å²) in [5.74, 6) is -0.740. The van der Waals surface area contributed by atoms with Gasteiger partial charge in [-0.15, -0.1) is 0 Å². The van der Waals surface area contributed by atoms with Crippen molar-refractivity contribution in [2.75, 3.05) is 10.6 Å². The first-order valence-corrected chi connectivity index (χ1v) is 7.47. The molecule has 126 valence electrons. The largest absolute Gasteiger partial charge is 0.478 e. The molecule has 0 radical (unpaired) electrons. The number of para-hydroxylation sites is 1. The van der Waals surface area contributed by atoms with Crippen molar-refractivity contribution < 1.29 is 14.3 Å². The third-order valence-electron chi connectivity index (χ3n) is 3.53. The molecule has 0 amide bonds. The number of rotatable bonds is 5. The molecule has 0 aliphatic carbocycles. The van der Waals surface area contributed by atoms with Crippen LogP contribution < -0.4 is 10.6 Å². The van der Waals surface area contributed by atoms with Crippen LogP contribution in [0.25, 0.3) is 0 Å². The van der Waals surface area contributed by atoms with E-state index in [2.05, 4.69) is 20.6 Å². The molecule has 0 spiro atoms. The van der Waals surface area contributed by atoms with Gasteiger partial charge in [0.15, 0.2) is 0 Å². The van der Waals surface area contributed by atoms with E-state index in [1.165, 1.54) is 18.3 Å². The number of carboxylic acids is 1. The third-order valence-corrected chi connectivity index (χ3v) is 3.53. The van der Waals surface area contributed by atoms with Crippen molar-refractivity contribution in [2.45, 2.75) is 6.92 Å². The first kappa shape index (κ1) is 16.4. The molecule has 0 bridgehead atoms. The minimum atomic E-state index is -1.09. The number of aromatic nitrogens is 2. The maximum absolute atomic E-state index is 12.9. The summed E-state index contributed by atoms with van der Waals surface area (Å²) >= 11 is 0. The Hall–Kier alpha value is -3.48. The molecule has 3 N–H and O–H groups in total. The van der Waals surface area contributed by atoms with Gasteiger partial charge in [0, 0.05) is 18.0 Å². The van der Waals surface area contributed by atoms with Crippen LogP contribution in [0.15, 0.2) is 54.9 Å². The fourth-order valence-electron chi connectivity index (χ4n) is 2.24. The molecular formula is C18H15FN4O2. The van der Waals surface area contributed by atoms with Gasteiger partial charge in [0.25, 0.3) is 0 Å². The zero-order valence-corrected chi connectivity index (χ0v) is 13.3. The Labute approximate surface area is 143 Å². The molecule has 3 rings (SSSR count). The third kappa shape index (κ3) is 3.89. The number of aromatic carboxylic acids is 1. The Morgan fingerprint density at radius 1 is 1.00 bits per heavy atom. The normalized spacial score (nSPS) is 10.3. The number of nitrogens with zero attached hydrogens (tertiary/aromatic N) is 2. The standard InChI is InChI=1S/C18H15FN4O2/c1-11-4-2-3-5-14(11)22-15-8-17(21-10-13(15)18(24)25)23-16-7-6-12(19)9-20-16/h2-10H,1H3,(H,24,25)(H2,20,21,22,23). The van der Waals surface area contributed by atoms with E-state index in [1.807, 2.05) is 31.2 Å². The lowest BCUT2D eigenvalue weighted by Gasteiger charge is -2.13. The Morgan fingerprint density at radius 3 is 2.44 bits per heavy atom. The van der Waals surface area contributed by atoms with E-state index in [0.717, 1.165) is 17.4 Å². The Balaban J connectivity index is 1.93. The van der Waals surface area contributed by atoms with E-state index in [0.29, 0.717) is 17.3 Å². The molecule has 2 aromatic heterocycles. The Kier molecular flexibility index (Phi) is 4.56. The topological polar surface area (TPSA) is 87.1 Å². The predicted molar refractivity (Wildman–Crippen MR) is 93.1 cm³/mol. The molecule has 2 heterocycles. The molecule has 0 fully saturated rings. The molecule has 7 heteroatoms. The van der Waals surface area contributed by atoms with Gasteiger partial charge in [-0.2, -0.15) is 0 Å². The van der Waals surface area contributed by atoms with Crippen molar-refractivity contribution >= 4 is 29.0 Å². The lowest BCUT2D eigenvalue weighted by molar-refractivity contribution is 0.0697. The van der Waals surface area contributed by atoms with Gasteiger partial charge >= 0.3 is 5.97 Å². The summed E-state index contributed by atoms with van der Waals surface area (Å²) in [5.41, 5.74) is 2.20. The number of aryl methyl sites for hydroxylation is 1. The molecule has 1 aromatic carbocycles. The number of pyridine rings is 2. The van der Waals surface area contributed by atoms with E-state index < -0.39 is 11.8 Å². The maximum atomic E-state index is 12.9. The van der Waals surface area contributed by atoms with Gasteiger partial charge in [-0.05, 0) is 30.7 Å². The van der Waals surface area contributed by atoms with Gasteiger partial charge in [0.2, 0.25) is 0 Å². The van der Waals surface area contributed by atoms with E-state index in [4.69, 9.17) is 0 Å². The van der Waals surface area contributed by atoms with E-state index in [9.17, 15) is 14.3 Å². The van der Waals surface area contributed by atoms with Crippen LogP contribution in [0, 0.1) is 12.7 Å². The smallest absolute Gasteiger partial charge is 0.339 e. The number of hydrogen-bond acceptors (Lipinski definition) is 5. The Morgan fingerprint density at radius 2 is 1.76 bits per heavy atom. The molecule has 0 saturated heterocycles. The molecular weight excluding hydrogens is 323 g/mol. The summed E-state index contributed by atoms with van der Waals surface area (Å²) in [4.78, 5) is 19.4. The maximum Gasteiger partial charge on any atom is 0.339 e. The first-order valence-electron chi connectivity index (χ1n) is 7.47. The average Bonchev–Trinajstić information content (AvgIpc) is 2.59. The summed E-state index contributed by atoms with van der Waals surface area (Å²) in [6, 6.07) is 11.9. The van der Waals surface area contributed by atoms with E-state index in [-0.39, 0.29) is 5.56 Å². The van der Waals surface area contributed by atoms with E-state index in [1.54, 1.807) is 6.07 Å². The van der Waals surface area contributed by atoms with E-state index >= 15 is 0 Å². The SMILES string of the molecule is Cc1ccccc1Nc1cc(Nc2ccc(F)cn2)ncc1C(=O)O. The number of benzene rings is 1. The highest BCUT2D eigenvalue weighted by Gasteiger charge is 2.13. The lowest BCUT2D eigenvalue weighted by atomic mass is 10.1. The van der Waals surface area contributed by atoms with Crippen LogP contribution in [-0.2, 0) is 0 Å². The van der Waals surface area contributed by atoms with Gasteiger partial charge < -0.3 is 15.7 Å². The average molecular weight is 338 g/mol. The molecule has 0 unspecified atom stereocenters. The molecule has 0 atom stereocenters. The fraction of sp³-hybridized carbons (Fsp3) is 0.0556. The van der Waals surface area contributed by atoms with Crippen LogP contribution in [-0.4, -0.2) is 21.0 Å². The van der Waals surface area contributed by atoms with Crippen LogP contribution in [0.4, 0.5) is 27.4 Å². The number of carboxylic acid groups (broad SMARTS) is 1. The fourth-order valence-corrected chi connectivity index (χ4v) is 2.24. The molecule has 0 aliphatic rings. The summed E-state index contributed by atoms with van der Waals surface area (Å²) < 4.78 is 12.9. The molecule has 0 aliphatic heterocycles. The number of hydrogen-bond donors (Lipinski definition) is 3. The van der Waals surface area contributed by atoms with Crippen LogP contribution in [0.2, 0.25) is 0 Å². The minimum Gasteiger partial charge on any atom is -0.478 e. The van der Waals surface area contributed by atoms with Crippen molar-refractivity contribution in [3.8, 4) is 0 Å². The molecule has 6 nitrogen and oxygen atoms in total. The Bertz CT molecular complexity index is 913. The van der Waals surface area contributed by atoms with Crippen molar-refractivity contribution in [3.05, 3.63) is 71.8 Å². The van der Waals surface area contributed by atoms with Crippen molar-refractivity contribution in [1.82, 2.24) is 9.97 Å². The summed E-state index contributed by atoms with van der Waals surface area (Å²) in [5, 5.41) is 15.4. The second-order valence-electron chi connectivity index (χ2n) is 5.35. The summed E-state index contributed by atoms with van der Waals surface area (Å²) in [6.07, 6.45) is 2.34.